The average molecular weight is 267 g/mol. The molecule has 0 spiro atoms. The molecular formula is C19H25N. The predicted molar refractivity (Wildman–Crippen MR) is 87.1 cm³/mol. The number of rotatable bonds is 5. The molecule has 20 heavy (non-hydrogen) atoms. The molecule has 0 radical (unpaired) electrons. The Labute approximate surface area is 123 Å². The predicted octanol–water partition coefficient (Wildman–Crippen LogP) is 4.78. The maximum absolute atomic E-state index is 3.76. The smallest absolute Gasteiger partial charge is 0.0581 e. The minimum absolute atomic E-state index is 0.270. The van der Waals surface area contributed by atoms with Crippen molar-refractivity contribution in [3.63, 3.8) is 0 Å². The van der Waals surface area contributed by atoms with Crippen LogP contribution in [0.15, 0.2) is 48.5 Å². The molecule has 1 heteroatoms. The van der Waals surface area contributed by atoms with Gasteiger partial charge in [-0.15, -0.1) is 0 Å². The topological polar surface area (TPSA) is 12.0 Å². The minimum atomic E-state index is 0.270. The Hall–Kier alpha value is -1.60. The molecule has 0 aromatic heterocycles. The molecule has 106 valence electrons. The summed E-state index contributed by atoms with van der Waals surface area (Å²) in [4.78, 5) is 0. The number of hydrogen-bond donors (Lipinski definition) is 1. The summed E-state index contributed by atoms with van der Waals surface area (Å²) in [6.07, 6.45) is 1.13. The van der Waals surface area contributed by atoms with Gasteiger partial charge in [0.1, 0.15) is 0 Å². The van der Waals surface area contributed by atoms with Gasteiger partial charge >= 0.3 is 0 Å². The molecule has 0 saturated carbocycles. The van der Waals surface area contributed by atoms with Crippen molar-refractivity contribution < 1.29 is 0 Å². The van der Waals surface area contributed by atoms with Gasteiger partial charge in [0.25, 0.3) is 0 Å². The minimum Gasteiger partial charge on any atom is -0.304 e. The summed E-state index contributed by atoms with van der Waals surface area (Å²) in [6, 6.07) is 18.2. The highest BCUT2D eigenvalue weighted by Gasteiger charge is 2.17. The van der Waals surface area contributed by atoms with Gasteiger partial charge in [0.2, 0.25) is 0 Å². The molecule has 1 N–H and O–H groups in total. The molecule has 0 fully saturated rings. The highest BCUT2D eigenvalue weighted by Crippen LogP contribution is 2.26. The van der Waals surface area contributed by atoms with E-state index >= 15 is 0 Å². The Morgan fingerprint density at radius 2 is 1.70 bits per heavy atom. The first-order valence-corrected chi connectivity index (χ1v) is 7.50. The van der Waals surface area contributed by atoms with Crippen molar-refractivity contribution >= 4 is 0 Å². The van der Waals surface area contributed by atoms with Crippen molar-refractivity contribution in [2.45, 2.75) is 46.2 Å². The van der Waals surface area contributed by atoms with Crippen LogP contribution in [0.2, 0.25) is 0 Å². The van der Waals surface area contributed by atoms with Gasteiger partial charge < -0.3 is 5.32 Å². The highest BCUT2D eigenvalue weighted by atomic mass is 14.9. The van der Waals surface area contributed by atoms with Crippen molar-refractivity contribution in [1.82, 2.24) is 5.32 Å². The molecule has 0 heterocycles. The first-order chi connectivity index (χ1) is 9.61. The zero-order chi connectivity index (χ0) is 14.5. The van der Waals surface area contributed by atoms with E-state index in [0.29, 0.717) is 6.04 Å². The maximum Gasteiger partial charge on any atom is 0.0581 e. The first-order valence-electron chi connectivity index (χ1n) is 7.50. The fourth-order valence-corrected chi connectivity index (χ4v) is 2.56. The summed E-state index contributed by atoms with van der Waals surface area (Å²) in [5.41, 5.74) is 5.39. The number of aryl methyl sites for hydroxylation is 2. The third-order valence-corrected chi connectivity index (χ3v) is 3.93. The van der Waals surface area contributed by atoms with Gasteiger partial charge in [0.05, 0.1) is 6.04 Å². The molecule has 2 aromatic rings. The summed E-state index contributed by atoms with van der Waals surface area (Å²) in [5, 5.41) is 3.76. The van der Waals surface area contributed by atoms with Crippen LogP contribution in [0.4, 0.5) is 0 Å². The number of benzene rings is 2. The summed E-state index contributed by atoms with van der Waals surface area (Å²) < 4.78 is 0. The van der Waals surface area contributed by atoms with Crippen LogP contribution < -0.4 is 5.32 Å². The van der Waals surface area contributed by atoms with Gasteiger partial charge in [-0.3, -0.25) is 0 Å². The lowest BCUT2D eigenvalue weighted by atomic mass is 9.93. The van der Waals surface area contributed by atoms with Crippen LogP contribution in [-0.2, 0) is 0 Å². The lowest BCUT2D eigenvalue weighted by Crippen LogP contribution is -2.31. The first kappa shape index (κ1) is 14.8. The van der Waals surface area contributed by atoms with Crippen molar-refractivity contribution in [1.29, 1.82) is 0 Å². The summed E-state index contributed by atoms with van der Waals surface area (Å²) in [5.74, 6) is 0. The molecule has 0 amide bonds. The van der Waals surface area contributed by atoms with Gasteiger partial charge in [-0.25, -0.2) is 0 Å². The Morgan fingerprint density at radius 3 is 2.30 bits per heavy atom. The van der Waals surface area contributed by atoms with E-state index in [1.165, 1.54) is 22.3 Å². The standard InChI is InChI=1S/C19H25N/c1-5-16(4)20-19(17-9-7-6-8-10-17)18-12-11-14(2)13-15(18)3/h6-13,16,19-20H,5H2,1-4H3. The molecule has 0 aliphatic rings. The Kier molecular flexibility index (Phi) is 4.97. The number of nitrogens with one attached hydrogen (secondary N) is 1. The fraction of sp³-hybridized carbons (Fsp3) is 0.368. The van der Waals surface area contributed by atoms with Gasteiger partial charge in [-0.05, 0) is 43.9 Å². The van der Waals surface area contributed by atoms with Crippen LogP contribution in [0.25, 0.3) is 0 Å². The molecule has 0 aliphatic carbocycles. The van der Waals surface area contributed by atoms with E-state index in [9.17, 15) is 0 Å². The summed E-state index contributed by atoms with van der Waals surface area (Å²) >= 11 is 0. The number of hydrogen-bond acceptors (Lipinski definition) is 1. The van der Waals surface area contributed by atoms with E-state index in [-0.39, 0.29) is 6.04 Å². The summed E-state index contributed by atoms with van der Waals surface area (Å²) in [7, 11) is 0. The molecular weight excluding hydrogens is 242 g/mol. The third kappa shape index (κ3) is 3.49. The SMILES string of the molecule is CCC(C)NC(c1ccccc1)c1ccc(C)cc1C. The van der Waals surface area contributed by atoms with Crippen LogP contribution in [-0.4, -0.2) is 6.04 Å². The van der Waals surface area contributed by atoms with Gasteiger partial charge in [0.15, 0.2) is 0 Å². The van der Waals surface area contributed by atoms with Crippen LogP contribution in [0, 0.1) is 13.8 Å². The van der Waals surface area contributed by atoms with Gasteiger partial charge in [0, 0.05) is 6.04 Å². The normalized spacial score (nSPS) is 14.0. The zero-order valence-corrected chi connectivity index (χ0v) is 13.0. The van der Waals surface area contributed by atoms with Gasteiger partial charge in [-0.1, -0.05) is 61.0 Å². The second kappa shape index (κ2) is 6.71. The monoisotopic (exact) mass is 267 g/mol. The molecule has 2 aromatic carbocycles. The van der Waals surface area contributed by atoms with Crippen LogP contribution in [0.3, 0.4) is 0 Å². The summed E-state index contributed by atoms with van der Waals surface area (Å²) in [6.45, 7) is 8.83. The third-order valence-electron chi connectivity index (χ3n) is 3.93. The molecule has 0 bridgehead atoms. The molecule has 1 nitrogen and oxygen atoms in total. The van der Waals surface area contributed by atoms with E-state index in [2.05, 4.69) is 81.5 Å². The van der Waals surface area contributed by atoms with E-state index in [1.807, 2.05) is 0 Å². The second-order valence-corrected chi connectivity index (χ2v) is 5.68. The molecule has 0 saturated heterocycles. The molecule has 2 rings (SSSR count). The molecule has 2 unspecified atom stereocenters. The van der Waals surface area contributed by atoms with Crippen molar-refractivity contribution in [2.24, 2.45) is 0 Å². The van der Waals surface area contributed by atoms with Crippen LogP contribution in [0.5, 0.6) is 0 Å². The zero-order valence-electron chi connectivity index (χ0n) is 13.0. The Balaban J connectivity index is 2.40. The van der Waals surface area contributed by atoms with Crippen molar-refractivity contribution in [3.8, 4) is 0 Å². The largest absolute Gasteiger partial charge is 0.304 e. The van der Waals surface area contributed by atoms with Crippen LogP contribution >= 0.6 is 0 Å². The van der Waals surface area contributed by atoms with Crippen LogP contribution in [0.1, 0.15) is 48.6 Å². The second-order valence-electron chi connectivity index (χ2n) is 5.68. The van der Waals surface area contributed by atoms with E-state index in [0.717, 1.165) is 6.42 Å². The van der Waals surface area contributed by atoms with E-state index in [1.54, 1.807) is 0 Å². The fourth-order valence-electron chi connectivity index (χ4n) is 2.56. The maximum atomic E-state index is 3.76. The quantitative estimate of drug-likeness (QED) is 0.822. The lowest BCUT2D eigenvalue weighted by molar-refractivity contribution is 0.486. The Bertz CT molecular complexity index is 545. The van der Waals surface area contributed by atoms with E-state index < -0.39 is 0 Å². The van der Waals surface area contributed by atoms with E-state index in [4.69, 9.17) is 0 Å². The molecule has 2 atom stereocenters. The lowest BCUT2D eigenvalue weighted by Gasteiger charge is -2.25. The molecule has 0 aliphatic heterocycles. The van der Waals surface area contributed by atoms with Crippen molar-refractivity contribution in [2.75, 3.05) is 0 Å². The highest BCUT2D eigenvalue weighted by molar-refractivity contribution is 5.38. The Morgan fingerprint density at radius 1 is 1.00 bits per heavy atom. The average Bonchev–Trinajstić information content (AvgIpc) is 2.46. The van der Waals surface area contributed by atoms with Gasteiger partial charge in [-0.2, -0.15) is 0 Å². The van der Waals surface area contributed by atoms with Crippen molar-refractivity contribution in [3.05, 3.63) is 70.8 Å².